The lowest BCUT2D eigenvalue weighted by atomic mass is 9.98. The van der Waals surface area contributed by atoms with Gasteiger partial charge in [-0.05, 0) is 97.6 Å². The van der Waals surface area contributed by atoms with Crippen LogP contribution in [0.15, 0.2) is 65.6 Å². The van der Waals surface area contributed by atoms with E-state index >= 15 is 0 Å². The number of sulfone groups is 1. The molecule has 1 N–H and O–H groups in total. The van der Waals surface area contributed by atoms with Gasteiger partial charge in [-0.15, -0.1) is 11.3 Å². The van der Waals surface area contributed by atoms with Crippen LogP contribution in [-0.2, 0) is 16.3 Å². The number of fused-ring (bicyclic) bond motifs is 1. The zero-order valence-electron chi connectivity index (χ0n) is 22.4. The predicted octanol–water partition coefficient (Wildman–Crippen LogP) is 7.03. The number of halogens is 3. The van der Waals surface area contributed by atoms with E-state index in [-0.39, 0.29) is 4.70 Å². The molecule has 41 heavy (non-hydrogen) atoms. The van der Waals surface area contributed by atoms with E-state index in [1.165, 1.54) is 19.3 Å². The summed E-state index contributed by atoms with van der Waals surface area (Å²) in [7, 11) is -4.09. The molecule has 11 heteroatoms. The highest BCUT2D eigenvalue weighted by molar-refractivity contribution is 7.92. The molecule has 0 radical (unpaired) electrons. The van der Waals surface area contributed by atoms with E-state index in [0.717, 1.165) is 53.9 Å². The highest BCUT2D eigenvalue weighted by Gasteiger charge is 2.47. The van der Waals surface area contributed by atoms with Gasteiger partial charge in [-0.25, -0.2) is 8.42 Å². The van der Waals surface area contributed by atoms with Crippen LogP contribution >= 0.6 is 11.3 Å². The van der Waals surface area contributed by atoms with Crippen molar-refractivity contribution in [2.45, 2.75) is 36.1 Å². The Bertz CT molecular complexity index is 1610. The Hall–Kier alpha value is -3.28. The van der Waals surface area contributed by atoms with Gasteiger partial charge in [0, 0.05) is 21.5 Å². The Morgan fingerprint density at radius 1 is 0.951 bits per heavy atom. The molecule has 1 aliphatic heterocycles. The number of thiophene rings is 1. The molecule has 0 saturated carbocycles. The van der Waals surface area contributed by atoms with E-state index in [1.54, 1.807) is 19.2 Å². The number of ether oxygens (including phenoxy) is 2. The van der Waals surface area contributed by atoms with Gasteiger partial charge in [0.15, 0.2) is 0 Å². The van der Waals surface area contributed by atoms with E-state index in [1.807, 2.05) is 36.4 Å². The average Bonchev–Trinajstić information content (AvgIpc) is 3.32. The first-order valence-electron chi connectivity index (χ1n) is 13.2. The second-order valence-corrected chi connectivity index (χ2v) is 13.0. The number of likely N-dealkylation sites (tertiary alicyclic amines) is 1. The summed E-state index contributed by atoms with van der Waals surface area (Å²) in [5, 5.41) is 11.2. The maximum absolute atomic E-state index is 13.3. The highest BCUT2D eigenvalue weighted by Crippen LogP contribution is 2.46. The number of phenols is 1. The third kappa shape index (κ3) is 6.32. The second kappa shape index (κ2) is 11.9. The number of alkyl halides is 3. The van der Waals surface area contributed by atoms with E-state index in [0.29, 0.717) is 40.7 Å². The van der Waals surface area contributed by atoms with Gasteiger partial charge >= 0.3 is 5.51 Å². The highest BCUT2D eigenvalue weighted by atomic mass is 32.2. The summed E-state index contributed by atoms with van der Waals surface area (Å²) in [4.78, 5) is 2.12. The molecule has 0 aliphatic carbocycles. The molecular formula is C30H30F3NO5S2. The molecular weight excluding hydrogens is 575 g/mol. The number of methoxy groups -OCH3 is 1. The number of nitrogens with zero attached hydrogens (tertiary/aromatic N) is 1. The fourth-order valence-corrected chi connectivity index (χ4v) is 7.23. The molecule has 1 aliphatic rings. The zero-order valence-corrected chi connectivity index (χ0v) is 24.0. The number of benzene rings is 3. The Morgan fingerprint density at radius 2 is 1.61 bits per heavy atom. The lowest BCUT2D eigenvalue weighted by Gasteiger charge is -2.26. The van der Waals surface area contributed by atoms with Crippen molar-refractivity contribution in [2.75, 3.05) is 33.4 Å². The molecule has 3 aromatic carbocycles. The first kappa shape index (κ1) is 29.2. The molecule has 1 aromatic heterocycles. The van der Waals surface area contributed by atoms with Crippen LogP contribution in [-0.4, -0.2) is 57.3 Å². The largest absolute Gasteiger partial charge is 0.507 e. The van der Waals surface area contributed by atoms with Crippen molar-refractivity contribution in [3.8, 4) is 27.7 Å². The minimum Gasteiger partial charge on any atom is -0.507 e. The SMILES string of the molecule is COc1ccc(-c2sc3cc(S(=O)(=O)C(F)(F)F)cc(O)c3c2Cc2ccc(OCCN3CCCCC3)cc2)cc1. The van der Waals surface area contributed by atoms with E-state index in [9.17, 15) is 26.7 Å². The third-order valence-electron chi connectivity index (χ3n) is 7.24. The maximum Gasteiger partial charge on any atom is 0.501 e. The molecule has 0 atom stereocenters. The second-order valence-electron chi connectivity index (χ2n) is 9.97. The lowest BCUT2D eigenvalue weighted by molar-refractivity contribution is -0.0435. The first-order chi connectivity index (χ1) is 19.6. The van der Waals surface area contributed by atoms with Crippen molar-refractivity contribution in [1.82, 2.24) is 4.90 Å². The summed E-state index contributed by atoms with van der Waals surface area (Å²) in [5.41, 5.74) is -3.14. The molecule has 0 bridgehead atoms. The summed E-state index contributed by atoms with van der Waals surface area (Å²) in [6, 6.07) is 16.4. The fourth-order valence-electron chi connectivity index (χ4n) is 5.06. The van der Waals surface area contributed by atoms with Gasteiger partial charge in [-0.2, -0.15) is 13.2 Å². The summed E-state index contributed by atoms with van der Waals surface area (Å²) in [5.74, 6) is 0.851. The molecule has 1 saturated heterocycles. The van der Waals surface area contributed by atoms with Crippen molar-refractivity contribution in [2.24, 2.45) is 0 Å². The van der Waals surface area contributed by atoms with Crippen molar-refractivity contribution in [1.29, 1.82) is 0 Å². The molecule has 5 rings (SSSR count). The minimum atomic E-state index is -5.63. The monoisotopic (exact) mass is 605 g/mol. The van der Waals surface area contributed by atoms with Gasteiger partial charge in [0.1, 0.15) is 23.9 Å². The number of hydrogen-bond acceptors (Lipinski definition) is 7. The van der Waals surface area contributed by atoms with Crippen LogP contribution in [0.3, 0.4) is 0 Å². The van der Waals surface area contributed by atoms with Crippen molar-refractivity contribution in [3.63, 3.8) is 0 Å². The smallest absolute Gasteiger partial charge is 0.501 e. The van der Waals surface area contributed by atoms with Crippen LogP contribution in [0.5, 0.6) is 17.2 Å². The Balaban J connectivity index is 1.46. The van der Waals surface area contributed by atoms with Crippen LogP contribution in [0.4, 0.5) is 13.2 Å². The van der Waals surface area contributed by atoms with Crippen molar-refractivity contribution >= 4 is 31.3 Å². The summed E-state index contributed by atoms with van der Waals surface area (Å²) in [6.45, 7) is 3.67. The van der Waals surface area contributed by atoms with Gasteiger partial charge in [0.05, 0.1) is 12.0 Å². The van der Waals surface area contributed by atoms with E-state index in [4.69, 9.17) is 9.47 Å². The fraction of sp³-hybridized carbons (Fsp3) is 0.333. The standard InChI is InChI=1S/C30H30F3NO5S2/c1-38-22-11-7-21(8-12-22)29-25(28-26(35)18-24(19-27(28)40-29)41(36,37)30(31,32)33)17-20-5-9-23(10-6-20)39-16-15-34-13-3-2-4-14-34/h5-12,18-19,35H,2-4,13-17H2,1H3. The molecule has 0 spiro atoms. The molecule has 4 aromatic rings. The number of phenolic OH excluding ortho intramolecular Hbond substituents is 1. The molecule has 218 valence electrons. The summed E-state index contributed by atoms with van der Waals surface area (Å²) in [6.07, 6.45) is 4.08. The summed E-state index contributed by atoms with van der Waals surface area (Å²) >= 11 is 1.13. The van der Waals surface area contributed by atoms with Crippen LogP contribution < -0.4 is 9.47 Å². The quantitative estimate of drug-likeness (QED) is 0.221. The van der Waals surface area contributed by atoms with Gasteiger partial charge in [-0.1, -0.05) is 18.6 Å². The lowest BCUT2D eigenvalue weighted by Crippen LogP contribution is -2.33. The van der Waals surface area contributed by atoms with Crippen LogP contribution in [0, 0.1) is 0 Å². The summed E-state index contributed by atoms with van der Waals surface area (Å²) < 4.78 is 75.5. The Kier molecular flexibility index (Phi) is 8.49. The number of hydrogen-bond donors (Lipinski definition) is 1. The van der Waals surface area contributed by atoms with Crippen molar-refractivity contribution in [3.05, 3.63) is 71.8 Å². The minimum absolute atomic E-state index is 0.242. The van der Waals surface area contributed by atoms with Crippen molar-refractivity contribution < 1.29 is 36.2 Å². The predicted molar refractivity (Wildman–Crippen MR) is 154 cm³/mol. The number of piperidine rings is 1. The zero-order chi connectivity index (χ0) is 29.2. The molecule has 0 unspecified atom stereocenters. The Labute approximate surface area is 240 Å². The normalized spacial score (nSPS) is 14.8. The van der Waals surface area contributed by atoms with E-state index < -0.39 is 26.0 Å². The number of rotatable bonds is 9. The third-order valence-corrected chi connectivity index (χ3v) is 9.93. The average molecular weight is 606 g/mol. The molecule has 6 nitrogen and oxygen atoms in total. The molecule has 1 fully saturated rings. The van der Waals surface area contributed by atoms with Crippen LogP contribution in [0.2, 0.25) is 0 Å². The van der Waals surface area contributed by atoms with Gasteiger partial charge in [0.2, 0.25) is 0 Å². The van der Waals surface area contributed by atoms with Gasteiger partial charge in [-0.3, -0.25) is 4.90 Å². The molecule has 2 heterocycles. The van der Waals surface area contributed by atoms with Crippen LogP contribution in [0.1, 0.15) is 30.4 Å². The van der Waals surface area contributed by atoms with E-state index in [2.05, 4.69) is 4.90 Å². The first-order valence-corrected chi connectivity index (χ1v) is 15.5. The van der Waals surface area contributed by atoms with Crippen LogP contribution in [0.25, 0.3) is 20.5 Å². The topological polar surface area (TPSA) is 76.1 Å². The molecule has 0 amide bonds. The number of aromatic hydroxyl groups is 1. The maximum atomic E-state index is 13.3. The Morgan fingerprint density at radius 3 is 2.24 bits per heavy atom. The van der Waals surface area contributed by atoms with Gasteiger partial charge < -0.3 is 14.6 Å². The van der Waals surface area contributed by atoms with Gasteiger partial charge in [0.25, 0.3) is 9.84 Å².